The molecule has 0 unspecified atom stereocenters. The molecule has 0 bridgehead atoms. The predicted molar refractivity (Wildman–Crippen MR) is 87.3 cm³/mol. The highest BCUT2D eigenvalue weighted by atomic mass is 32.1. The molecule has 1 heterocycles. The molecule has 0 spiro atoms. The van der Waals surface area contributed by atoms with Crippen LogP contribution in [-0.2, 0) is 11.2 Å². The van der Waals surface area contributed by atoms with Gasteiger partial charge in [0.05, 0.1) is 12.6 Å². The first-order chi connectivity index (χ1) is 10.2. The zero-order valence-corrected chi connectivity index (χ0v) is 12.8. The summed E-state index contributed by atoms with van der Waals surface area (Å²) in [6.07, 6.45) is 3.93. The van der Waals surface area contributed by atoms with Gasteiger partial charge in [-0.25, -0.2) is 0 Å². The molecule has 0 radical (unpaired) electrons. The van der Waals surface area contributed by atoms with Crippen molar-refractivity contribution in [2.75, 3.05) is 6.61 Å². The lowest BCUT2D eigenvalue weighted by molar-refractivity contribution is -0.117. The minimum atomic E-state index is -0.269. The summed E-state index contributed by atoms with van der Waals surface area (Å²) in [4.78, 5) is 14.1. The van der Waals surface area contributed by atoms with Crippen LogP contribution >= 0.6 is 11.3 Å². The molecule has 1 aromatic carbocycles. The van der Waals surface area contributed by atoms with Gasteiger partial charge in [-0.3, -0.25) is 4.79 Å². The molecule has 0 aliphatic rings. The lowest BCUT2D eigenvalue weighted by Gasteiger charge is -2.15. The second-order valence-corrected chi connectivity index (χ2v) is 6.18. The van der Waals surface area contributed by atoms with Crippen molar-refractivity contribution in [2.24, 2.45) is 0 Å². The third kappa shape index (κ3) is 5.17. The lowest BCUT2D eigenvalue weighted by atomic mass is 10.1. The largest absolute Gasteiger partial charge is 0.394 e. The fourth-order valence-corrected chi connectivity index (χ4v) is 2.79. The first kappa shape index (κ1) is 15.5. The van der Waals surface area contributed by atoms with E-state index in [1.807, 2.05) is 49.4 Å². The minimum absolute atomic E-state index is 0.0768. The van der Waals surface area contributed by atoms with Gasteiger partial charge in [0.1, 0.15) is 0 Å². The maximum absolute atomic E-state index is 11.9. The van der Waals surface area contributed by atoms with Crippen LogP contribution in [0, 0.1) is 6.92 Å². The molecule has 1 aromatic heterocycles. The van der Waals surface area contributed by atoms with Crippen molar-refractivity contribution in [1.29, 1.82) is 0 Å². The number of carbonyl (C=O) groups excluding carboxylic acids is 1. The van der Waals surface area contributed by atoms with Gasteiger partial charge in [-0.15, -0.1) is 11.3 Å². The summed E-state index contributed by atoms with van der Waals surface area (Å²) in [5.41, 5.74) is 1.09. The highest BCUT2D eigenvalue weighted by Gasteiger charge is 2.10. The summed E-state index contributed by atoms with van der Waals surface area (Å²) >= 11 is 1.64. The molecule has 0 aliphatic carbocycles. The van der Waals surface area contributed by atoms with E-state index in [4.69, 9.17) is 0 Å². The standard InChI is InChI=1S/C17H19NO2S/c1-13-7-8-16(21-13)9-10-17(20)18-15(12-19)11-14-5-3-2-4-6-14/h2-10,15,19H,11-12H2,1H3,(H,18,20)/b10-9+/t15-/m0/s1. The highest BCUT2D eigenvalue weighted by molar-refractivity contribution is 7.12. The first-order valence-electron chi connectivity index (χ1n) is 6.87. The number of aliphatic hydroxyl groups is 1. The van der Waals surface area contributed by atoms with Crippen LogP contribution in [0.4, 0.5) is 0 Å². The number of rotatable bonds is 6. The molecule has 1 atom stereocenters. The predicted octanol–water partition coefficient (Wildman–Crippen LogP) is 2.79. The van der Waals surface area contributed by atoms with Gasteiger partial charge in [-0.1, -0.05) is 30.3 Å². The SMILES string of the molecule is Cc1ccc(/C=C/C(=O)N[C@H](CO)Cc2ccccc2)s1. The maximum Gasteiger partial charge on any atom is 0.244 e. The summed E-state index contributed by atoms with van der Waals surface area (Å²) < 4.78 is 0. The summed E-state index contributed by atoms with van der Waals surface area (Å²) in [6.45, 7) is 1.95. The zero-order valence-electron chi connectivity index (χ0n) is 12.0. The van der Waals surface area contributed by atoms with Crippen molar-refractivity contribution < 1.29 is 9.90 Å². The Morgan fingerprint density at radius 1 is 1.29 bits per heavy atom. The fraction of sp³-hybridized carbons (Fsp3) is 0.235. The third-order valence-corrected chi connectivity index (χ3v) is 4.02. The molecule has 0 aliphatic heterocycles. The molecule has 21 heavy (non-hydrogen) atoms. The van der Waals surface area contributed by atoms with Crippen molar-refractivity contribution in [1.82, 2.24) is 5.32 Å². The second kappa shape index (κ2) is 7.76. The van der Waals surface area contributed by atoms with E-state index >= 15 is 0 Å². The number of benzene rings is 1. The molecule has 4 heteroatoms. The topological polar surface area (TPSA) is 49.3 Å². The van der Waals surface area contributed by atoms with E-state index in [1.54, 1.807) is 17.4 Å². The summed E-state index contributed by atoms with van der Waals surface area (Å²) in [5.74, 6) is -0.184. The summed E-state index contributed by atoms with van der Waals surface area (Å²) in [5, 5.41) is 12.2. The Balaban J connectivity index is 1.89. The Kier molecular flexibility index (Phi) is 5.72. The van der Waals surface area contributed by atoms with Crippen molar-refractivity contribution >= 4 is 23.3 Å². The van der Waals surface area contributed by atoms with E-state index in [-0.39, 0.29) is 18.6 Å². The van der Waals surface area contributed by atoms with Crippen molar-refractivity contribution in [3.63, 3.8) is 0 Å². The zero-order chi connectivity index (χ0) is 15.1. The number of nitrogens with one attached hydrogen (secondary N) is 1. The van der Waals surface area contributed by atoms with E-state index in [0.29, 0.717) is 6.42 Å². The van der Waals surface area contributed by atoms with Crippen LogP contribution < -0.4 is 5.32 Å². The number of hydrogen-bond donors (Lipinski definition) is 2. The molecule has 0 saturated heterocycles. The third-order valence-electron chi connectivity index (χ3n) is 3.05. The molecule has 0 saturated carbocycles. The molecular formula is C17H19NO2S. The Hall–Kier alpha value is -1.91. The number of hydrogen-bond acceptors (Lipinski definition) is 3. The van der Waals surface area contributed by atoms with E-state index in [2.05, 4.69) is 5.32 Å². The van der Waals surface area contributed by atoms with Crippen LogP contribution in [0.15, 0.2) is 48.5 Å². The van der Waals surface area contributed by atoms with Gasteiger partial charge in [0.25, 0.3) is 0 Å². The Bertz CT molecular complexity index is 604. The van der Waals surface area contributed by atoms with Gasteiger partial charge in [0.15, 0.2) is 0 Å². The van der Waals surface area contributed by atoms with E-state index in [9.17, 15) is 9.90 Å². The second-order valence-electron chi connectivity index (χ2n) is 4.86. The normalized spacial score (nSPS) is 12.5. The van der Waals surface area contributed by atoms with Crippen LogP contribution in [0.5, 0.6) is 0 Å². The van der Waals surface area contributed by atoms with E-state index < -0.39 is 0 Å². The molecule has 2 rings (SSSR count). The lowest BCUT2D eigenvalue weighted by Crippen LogP contribution is -2.38. The van der Waals surface area contributed by atoms with Crippen LogP contribution in [0.3, 0.4) is 0 Å². The summed E-state index contributed by atoms with van der Waals surface area (Å²) in [6, 6.07) is 13.6. The van der Waals surface area contributed by atoms with Gasteiger partial charge >= 0.3 is 0 Å². The van der Waals surface area contributed by atoms with Crippen LogP contribution in [0.2, 0.25) is 0 Å². The van der Waals surface area contributed by atoms with Gasteiger partial charge in [0, 0.05) is 15.8 Å². The molecular weight excluding hydrogens is 282 g/mol. The highest BCUT2D eigenvalue weighted by Crippen LogP contribution is 2.16. The molecule has 2 N–H and O–H groups in total. The monoisotopic (exact) mass is 301 g/mol. The molecule has 0 fully saturated rings. The van der Waals surface area contributed by atoms with Crippen LogP contribution in [0.25, 0.3) is 6.08 Å². The number of thiophene rings is 1. The molecule has 2 aromatic rings. The molecule has 110 valence electrons. The van der Waals surface area contributed by atoms with Crippen LogP contribution in [-0.4, -0.2) is 23.7 Å². The van der Waals surface area contributed by atoms with E-state index in [0.717, 1.165) is 10.4 Å². The summed E-state index contributed by atoms with van der Waals surface area (Å²) in [7, 11) is 0. The first-order valence-corrected chi connectivity index (χ1v) is 7.69. The van der Waals surface area contributed by atoms with Crippen LogP contribution in [0.1, 0.15) is 15.3 Å². The Morgan fingerprint density at radius 2 is 2.05 bits per heavy atom. The average molecular weight is 301 g/mol. The van der Waals surface area contributed by atoms with Gasteiger partial charge in [-0.2, -0.15) is 0 Å². The van der Waals surface area contributed by atoms with Gasteiger partial charge in [0.2, 0.25) is 5.91 Å². The Labute approximate surface area is 128 Å². The average Bonchev–Trinajstić information content (AvgIpc) is 2.91. The van der Waals surface area contributed by atoms with Crippen molar-refractivity contribution in [3.8, 4) is 0 Å². The maximum atomic E-state index is 11.9. The number of amides is 1. The van der Waals surface area contributed by atoms with Crippen molar-refractivity contribution in [3.05, 3.63) is 63.9 Å². The quantitative estimate of drug-likeness (QED) is 0.806. The Morgan fingerprint density at radius 3 is 2.67 bits per heavy atom. The van der Waals surface area contributed by atoms with E-state index in [1.165, 1.54) is 11.0 Å². The van der Waals surface area contributed by atoms with Gasteiger partial charge < -0.3 is 10.4 Å². The van der Waals surface area contributed by atoms with Crippen molar-refractivity contribution in [2.45, 2.75) is 19.4 Å². The number of aliphatic hydroxyl groups excluding tert-OH is 1. The fourth-order valence-electron chi connectivity index (χ4n) is 2.01. The minimum Gasteiger partial charge on any atom is -0.394 e. The number of aryl methyl sites for hydroxylation is 1. The smallest absolute Gasteiger partial charge is 0.244 e. The molecule has 1 amide bonds. The number of carbonyl (C=O) groups is 1. The molecule has 3 nitrogen and oxygen atoms in total. The van der Waals surface area contributed by atoms with Gasteiger partial charge in [-0.05, 0) is 37.1 Å².